The molecule has 1 fully saturated rings. The molecule has 3 aromatic rings. The molecule has 106 valence electrons. The van der Waals surface area contributed by atoms with Crippen molar-refractivity contribution in [2.75, 3.05) is 13.1 Å². The fourth-order valence-electron chi connectivity index (χ4n) is 3.33. The van der Waals surface area contributed by atoms with Crippen LogP contribution in [0.2, 0.25) is 0 Å². The molecule has 0 spiro atoms. The van der Waals surface area contributed by atoms with Crippen molar-refractivity contribution in [3.8, 4) is 0 Å². The molecule has 3 nitrogen and oxygen atoms in total. The first-order chi connectivity index (χ1) is 10.3. The smallest absolute Gasteiger partial charge is 0.336 e. The van der Waals surface area contributed by atoms with Crippen LogP contribution in [0.25, 0.3) is 21.7 Å². The zero-order valence-electron chi connectivity index (χ0n) is 11.8. The summed E-state index contributed by atoms with van der Waals surface area (Å²) in [5, 5.41) is 3.43. The molecule has 0 amide bonds. The van der Waals surface area contributed by atoms with Crippen molar-refractivity contribution in [3.05, 3.63) is 58.4 Å². The standard InChI is InChI=1S/C18H17NO2/c20-17-11-14(12-19-9-3-4-10-19)18-15-6-2-1-5-13(15)7-8-16(18)21-17/h1-2,5-8,11H,3-4,9-10,12H2. The van der Waals surface area contributed by atoms with Gasteiger partial charge >= 0.3 is 5.63 Å². The molecule has 0 saturated carbocycles. The number of fused-ring (bicyclic) bond motifs is 3. The fraction of sp³-hybridized carbons (Fsp3) is 0.278. The van der Waals surface area contributed by atoms with E-state index in [1.54, 1.807) is 6.07 Å². The van der Waals surface area contributed by atoms with Gasteiger partial charge in [-0.05, 0) is 48.3 Å². The molecule has 21 heavy (non-hydrogen) atoms. The van der Waals surface area contributed by atoms with Crippen molar-refractivity contribution < 1.29 is 4.42 Å². The molecule has 1 aromatic heterocycles. The fourth-order valence-corrected chi connectivity index (χ4v) is 3.33. The number of nitrogens with zero attached hydrogens (tertiary/aromatic N) is 1. The summed E-state index contributed by atoms with van der Waals surface area (Å²) in [6.07, 6.45) is 2.50. The molecule has 0 aliphatic carbocycles. The lowest BCUT2D eigenvalue weighted by Gasteiger charge is -2.16. The van der Waals surface area contributed by atoms with Crippen molar-refractivity contribution in [2.45, 2.75) is 19.4 Å². The zero-order valence-corrected chi connectivity index (χ0v) is 11.8. The van der Waals surface area contributed by atoms with E-state index < -0.39 is 0 Å². The van der Waals surface area contributed by atoms with E-state index in [1.165, 1.54) is 18.2 Å². The van der Waals surface area contributed by atoms with E-state index in [-0.39, 0.29) is 5.63 Å². The van der Waals surface area contributed by atoms with Crippen molar-refractivity contribution >= 4 is 21.7 Å². The van der Waals surface area contributed by atoms with Gasteiger partial charge in [-0.25, -0.2) is 4.79 Å². The number of hydrogen-bond donors (Lipinski definition) is 0. The monoisotopic (exact) mass is 279 g/mol. The minimum Gasteiger partial charge on any atom is -0.423 e. The van der Waals surface area contributed by atoms with Crippen molar-refractivity contribution in [1.82, 2.24) is 4.90 Å². The number of benzene rings is 2. The first-order valence-electron chi connectivity index (χ1n) is 7.48. The maximum absolute atomic E-state index is 11.8. The van der Waals surface area contributed by atoms with Crippen LogP contribution in [0.5, 0.6) is 0 Å². The summed E-state index contributed by atoms with van der Waals surface area (Å²) in [6, 6.07) is 13.9. The van der Waals surface area contributed by atoms with Gasteiger partial charge in [0.1, 0.15) is 5.58 Å². The molecule has 0 radical (unpaired) electrons. The predicted molar refractivity (Wildman–Crippen MR) is 84.5 cm³/mol. The Bertz CT molecular complexity index is 860. The molecule has 0 N–H and O–H groups in total. The van der Waals surface area contributed by atoms with Crippen LogP contribution in [0.1, 0.15) is 18.4 Å². The molecule has 2 heterocycles. The highest BCUT2D eigenvalue weighted by Gasteiger charge is 2.15. The van der Waals surface area contributed by atoms with Crippen molar-refractivity contribution in [3.63, 3.8) is 0 Å². The molecular formula is C18H17NO2. The van der Waals surface area contributed by atoms with Crippen molar-refractivity contribution in [1.29, 1.82) is 0 Å². The second-order valence-corrected chi connectivity index (χ2v) is 5.73. The lowest BCUT2D eigenvalue weighted by Crippen LogP contribution is -2.19. The number of likely N-dealkylation sites (tertiary alicyclic amines) is 1. The maximum Gasteiger partial charge on any atom is 0.336 e. The van der Waals surface area contributed by atoms with Crippen LogP contribution >= 0.6 is 0 Å². The van der Waals surface area contributed by atoms with Gasteiger partial charge in [0, 0.05) is 18.0 Å². The minimum atomic E-state index is -0.257. The second-order valence-electron chi connectivity index (χ2n) is 5.73. The molecule has 0 unspecified atom stereocenters. The third kappa shape index (κ3) is 2.24. The van der Waals surface area contributed by atoms with Gasteiger partial charge in [0.15, 0.2) is 0 Å². The van der Waals surface area contributed by atoms with E-state index in [1.807, 2.05) is 24.3 Å². The van der Waals surface area contributed by atoms with Crippen LogP contribution in [0.4, 0.5) is 0 Å². The van der Waals surface area contributed by atoms with E-state index in [0.29, 0.717) is 5.58 Å². The highest BCUT2D eigenvalue weighted by Crippen LogP contribution is 2.28. The van der Waals surface area contributed by atoms with E-state index in [0.717, 1.165) is 36.0 Å². The molecule has 0 bridgehead atoms. The summed E-state index contributed by atoms with van der Waals surface area (Å²) in [5.74, 6) is 0. The summed E-state index contributed by atoms with van der Waals surface area (Å²) in [6.45, 7) is 3.06. The molecule has 1 aliphatic rings. The van der Waals surface area contributed by atoms with Gasteiger partial charge in [-0.3, -0.25) is 4.90 Å². The summed E-state index contributed by atoms with van der Waals surface area (Å²) in [4.78, 5) is 14.2. The Morgan fingerprint density at radius 3 is 2.71 bits per heavy atom. The topological polar surface area (TPSA) is 33.5 Å². The van der Waals surface area contributed by atoms with Crippen LogP contribution in [-0.2, 0) is 6.54 Å². The lowest BCUT2D eigenvalue weighted by atomic mass is 10.0. The van der Waals surface area contributed by atoms with Crippen LogP contribution in [0.3, 0.4) is 0 Å². The minimum absolute atomic E-state index is 0.257. The summed E-state index contributed by atoms with van der Waals surface area (Å²) in [7, 11) is 0. The Labute approximate surface area is 122 Å². The van der Waals surface area contributed by atoms with Crippen LogP contribution in [-0.4, -0.2) is 18.0 Å². The first-order valence-corrected chi connectivity index (χ1v) is 7.48. The van der Waals surface area contributed by atoms with Crippen LogP contribution < -0.4 is 5.63 Å². The molecular weight excluding hydrogens is 262 g/mol. The number of hydrogen-bond acceptors (Lipinski definition) is 3. The van der Waals surface area contributed by atoms with Gasteiger partial charge in [0.05, 0.1) is 0 Å². The quantitative estimate of drug-likeness (QED) is 0.531. The van der Waals surface area contributed by atoms with E-state index >= 15 is 0 Å². The largest absolute Gasteiger partial charge is 0.423 e. The van der Waals surface area contributed by atoms with E-state index in [4.69, 9.17) is 4.42 Å². The van der Waals surface area contributed by atoms with Gasteiger partial charge in [0.2, 0.25) is 0 Å². The predicted octanol–water partition coefficient (Wildman–Crippen LogP) is 3.54. The first kappa shape index (κ1) is 12.6. The second kappa shape index (κ2) is 5.01. The Morgan fingerprint density at radius 1 is 1.05 bits per heavy atom. The Hall–Kier alpha value is -2.13. The zero-order chi connectivity index (χ0) is 14.2. The highest BCUT2D eigenvalue weighted by molar-refractivity contribution is 6.07. The molecule has 2 aromatic carbocycles. The van der Waals surface area contributed by atoms with Gasteiger partial charge in [0.25, 0.3) is 0 Å². The molecule has 4 rings (SSSR count). The third-order valence-electron chi connectivity index (χ3n) is 4.31. The van der Waals surface area contributed by atoms with E-state index in [9.17, 15) is 4.79 Å². The normalized spacial score (nSPS) is 16.0. The lowest BCUT2D eigenvalue weighted by molar-refractivity contribution is 0.332. The van der Waals surface area contributed by atoms with Gasteiger partial charge < -0.3 is 4.42 Å². The highest BCUT2D eigenvalue weighted by atomic mass is 16.4. The SMILES string of the molecule is O=c1cc(CN2CCCC2)c2c(ccc3ccccc32)o1. The van der Waals surface area contributed by atoms with Gasteiger partial charge in [-0.1, -0.05) is 30.3 Å². The molecule has 1 aliphatic heterocycles. The molecule has 3 heteroatoms. The molecule has 0 atom stereocenters. The van der Waals surface area contributed by atoms with Crippen molar-refractivity contribution in [2.24, 2.45) is 0 Å². The number of rotatable bonds is 2. The van der Waals surface area contributed by atoms with E-state index in [2.05, 4.69) is 17.0 Å². The van der Waals surface area contributed by atoms with Gasteiger partial charge in [-0.2, -0.15) is 0 Å². The van der Waals surface area contributed by atoms with Gasteiger partial charge in [-0.15, -0.1) is 0 Å². The average molecular weight is 279 g/mol. The Morgan fingerprint density at radius 2 is 1.86 bits per heavy atom. The third-order valence-corrected chi connectivity index (χ3v) is 4.31. The summed E-state index contributed by atoms with van der Waals surface area (Å²) >= 11 is 0. The van der Waals surface area contributed by atoms with Crippen LogP contribution in [0, 0.1) is 0 Å². The summed E-state index contributed by atoms with van der Waals surface area (Å²) < 4.78 is 5.40. The Balaban J connectivity index is 1.98. The molecule has 1 saturated heterocycles. The average Bonchev–Trinajstić information content (AvgIpc) is 2.99. The Kier molecular flexibility index (Phi) is 3.00. The summed E-state index contributed by atoms with van der Waals surface area (Å²) in [5.41, 5.74) is 1.52. The van der Waals surface area contributed by atoms with Crippen LogP contribution in [0.15, 0.2) is 51.7 Å². The maximum atomic E-state index is 11.8.